The quantitative estimate of drug-likeness (QED) is 0.572. The summed E-state index contributed by atoms with van der Waals surface area (Å²) in [7, 11) is 0. The Bertz CT molecular complexity index is 23.7. The van der Waals surface area contributed by atoms with Crippen LogP contribution in [0.25, 0.3) is 0 Å². The molecule has 1 N–H and O–H groups in total. The Hall–Kier alpha value is 1.39. The van der Waals surface area contributed by atoms with Crippen molar-refractivity contribution in [2.45, 2.75) is 13.8 Å². The predicted octanol–water partition coefficient (Wildman–Crippen LogP) is 0.630. The second-order valence-corrected chi connectivity index (χ2v) is 1.58. The van der Waals surface area contributed by atoms with E-state index >= 15 is 0 Å². The van der Waals surface area contributed by atoms with Crippen molar-refractivity contribution in [1.82, 2.24) is 0 Å². The van der Waals surface area contributed by atoms with Crippen molar-refractivity contribution in [3.8, 4) is 0 Å². The molecule has 0 aliphatic rings. The number of aliphatic hydroxyl groups excluding tert-OH is 1. The van der Waals surface area contributed by atoms with E-state index in [2.05, 4.69) is 0 Å². The molecule has 0 aromatic rings. The first kappa shape index (κ1) is 15.8. The summed E-state index contributed by atoms with van der Waals surface area (Å²) in [4.78, 5) is 0. The number of hydrogen-bond acceptors (Lipinski definition) is 1. The van der Waals surface area contributed by atoms with E-state index in [1.165, 1.54) is 0 Å². The second kappa shape index (κ2) is 10.4. The molecule has 0 rings (SSSR count). The fourth-order valence-corrected chi connectivity index (χ4v) is 0. The van der Waals surface area contributed by atoms with Crippen molar-refractivity contribution >= 4 is 0 Å². The molecule has 0 heterocycles. The molecule has 0 atom stereocenters. The van der Waals surface area contributed by atoms with Gasteiger partial charge in [-0.2, -0.15) is 0 Å². The SMILES string of the molecule is CC(C)CO.[Ti].[Ti]. The summed E-state index contributed by atoms with van der Waals surface area (Å²) in [5.41, 5.74) is 0. The molecule has 0 unspecified atom stereocenters. The van der Waals surface area contributed by atoms with E-state index in [0.717, 1.165) is 0 Å². The Balaban J connectivity index is -0.0000000800. The van der Waals surface area contributed by atoms with E-state index in [1.807, 2.05) is 13.8 Å². The minimum Gasteiger partial charge on any atom is -0.396 e. The summed E-state index contributed by atoms with van der Waals surface area (Å²) in [5, 5.41) is 8.14. The molecule has 0 aliphatic heterocycles. The van der Waals surface area contributed by atoms with E-state index < -0.39 is 0 Å². The maximum absolute atomic E-state index is 8.14. The zero-order valence-corrected chi connectivity index (χ0v) is 7.85. The second-order valence-electron chi connectivity index (χ2n) is 1.58. The fourth-order valence-electron chi connectivity index (χ4n) is 0. The average Bonchev–Trinajstić information content (AvgIpc) is 1.38. The van der Waals surface area contributed by atoms with Gasteiger partial charge in [-0.15, -0.1) is 0 Å². The molecule has 0 spiro atoms. The molecule has 40 valence electrons. The minimum atomic E-state index is 0. The van der Waals surface area contributed by atoms with Crippen LogP contribution in [0, 0.1) is 5.92 Å². The Kier molecular flexibility index (Phi) is 23.4. The minimum absolute atomic E-state index is 0. The number of aliphatic hydroxyl groups is 1. The van der Waals surface area contributed by atoms with E-state index in [0.29, 0.717) is 12.5 Å². The van der Waals surface area contributed by atoms with Crippen LogP contribution in [0.15, 0.2) is 0 Å². The van der Waals surface area contributed by atoms with Crippen LogP contribution >= 0.6 is 0 Å². The monoisotopic (exact) mass is 170 g/mol. The first-order valence-electron chi connectivity index (χ1n) is 1.88. The summed E-state index contributed by atoms with van der Waals surface area (Å²) >= 11 is 0. The average molecular weight is 170 g/mol. The van der Waals surface area contributed by atoms with Gasteiger partial charge in [0.15, 0.2) is 0 Å². The molecule has 0 bridgehead atoms. The summed E-state index contributed by atoms with van der Waals surface area (Å²) in [6, 6.07) is 0. The molecule has 3 heteroatoms. The smallest absolute Gasteiger partial charge is 0.0453 e. The first-order chi connectivity index (χ1) is 2.27. The fraction of sp³-hybridized carbons (Fsp3) is 1.00. The van der Waals surface area contributed by atoms with Crippen LogP contribution in [-0.4, -0.2) is 11.7 Å². The summed E-state index contributed by atoms with van der Waals surface area (Å²) < 4.78 is 0. The van der Waals surface area contributed by atoms with Gasteiger partial charge in [-0.3, -0.25) is 0 Å². The van der Waals surface area contributed by atoms with Gasteiger partial charge in [0.25, 0.3) is 0 Å². The van der Waals surface area contributed by atoms with Gasteiger partial charge in [0, 0.05) is 50.0 Å². The molecule has 0 fully saturated rings. The Morgan fingerprint density at radius 1 is 1.29 bits per heavy atom. The normalized spacial score (nSPS) is 6.86. The van der Waals surface area contributed by atoms with Crippen LogP contribution in [0.3, 0.4) is 0 Å². The summed E-state index contributed by atoms with van der Waals surface area (Å²) in [6.07, 6.45) is 0. The van der Waals surface area contributed by atoms with Gasteiger partial charge in [0.2, 0.25) is 0 Å². The predicted molar refractivity (Wildman–Crippen MR) is 21.9 cm³/mol. The van der Waals surface area contributed by atoms with Crippen molar-refractivity contribution in [1.29, 1.82) is 0 Å². The van der Waals surface area contributed by atoms with Crippen molar-refractivity contribution in [3.63, 3.8) is 0 Å². The third-order valence-corrected chi connectivity index (χ3v) is 0.365. The molecule has 0 radical (unpaired) electrons. The molecule has 0 amide bonds. The maximum atomic E-state index is 8.14. The molecule has 7 heavy (non-hydrogen) atoms. The van der Waals surface area contributed by atoms with E-state index in [9.17, 15) is 0 Å². The molecule has 0 aromatic carbocycles. The van der Waals surface area contributed by atoms with E-state index in [-0.39, 0.29) is 43.4 Å². The largest absolute Gasteiger partial charge is 0.396 e. The molecule has 1 nitrogen and oxygen atoms in total. The number of rotatable bonds is 1. The van der Waals surface area contributed by atoms with Crippen LogP contribution in [0.5, 0.6) is 0 Å². The molecular weight excluding hydrogens is 160 g/mol. The van der Waals surface area contributed by atoms with Crippen LogP contribution in [0.4, 0.5) is 0 Å². The third-order valence-electron chi connectivity index (χ3n) is 0.365. The van der Waals surface area contributed by atoms with Gasteiger partial charge in [0.1, 0.15) is 0 Å². The van der Waals surface area contributed by atoms with Crippen LogP contribution < -0.4 is 0 Å². The van der Waals surface area contributed by atoms with Crippen LogP contribution in [0.2, 0.25) is 0 Å². The van der Waals surface area contributed by atoms with Crippen LogP contribution in [0.1, 0.15) is 13.8 Å². The van der Waals surface area contributed by atoms with Gasteiger partial charge >= 0.3 is 0 Å². The van der Waals surface area contributed by atoms with Gasteiger partial charge in [0.05, 0.1) is 0 Å². The zero-order valence-electron chi connectivity index (χ0n) is 4.73. The molecule has 0 aliphatic carbocycles. The van der Waals surface area contributed by atoms with Crippen molar-refractivity contribution in [2.75, 3.05) is 6.61 Å². The van der Waals surface area contributed by atoms with Crippen molar-refractivity contribution in [3.05, 3.63) is 0 Å². The topological polar surface area (TPSA) is 20.2 Å². The Morgan fingerprint density at radius 2 is 1.43 bits per heavy atom. The Labute approximate surface area is 74.6 Å². The van der Waals surface area contributed by atoms with Crippen molar-refractivity contribution in [2.24, 2.45) is 5.92 Å². The molecule has 0 saturated carbocycles. The molecule has 0 aromatic heterocycles. The van der Waals surface area contributed by atoms with Gasteiger partial charge in [-0.05, 0) is 5.92 Å². The zero-order chi connectivity index (χ0) is 4.28. The molecular formula is C4H10OTi2. The number of hydrogen-bond donors (Lipinski definition) is 1. The van der Waals surface area contributed by atoms with Gasteiger partial charge in [-0.1, -0.05) is 13.8 Å². The molecule has 0 saturated heterocycles. The Morgan fingerprint density at radius 3 is 1.43 bits per heavy atom. The van der Waals surface area contributed by atoms with Crippen LogP contribution in [-0.2, 0) is 43.4 Å². The van der Waals surface area contributed by atoms with E-state index in [1.54, 1.807) is 0 Å². The summed E-state index contributed by atoms with van der Waals surface area (Å²) in [5.74, 6) is 0.440. The van der Waals surface area contributed by atoms with Gasteiger partial charge in [-0.25, -0.2) is 0 Å². The third kappa shape index (κ3) is 18.7. The standard InChI is InChI=1S/C4H10O.2Ti/c1-4(2)3-5;;/h4-5H,3H2,1-2H3;;. The first-order valence-corrected chi connectivity index (χ1v) is 1.88. The maximum Gasteiger partial charge on any atom is 0.0453 e. The van der Waals surface area contributed by atoms with Crippen molar-refractivity contribution < 1.29 is 48.5 Å². The van der Waals surface area contributed by atoms with Gasteiger partial charge < -0.3 is 5.11 Å². The summed E-state index contributed by atoms with van der Waals surface area (Å²) in [6.45, 7) is 4.25. The van der Waals surface area contributed by atoms with E-state index in [4.69, 9.17) is 5.11 Å².